The van der Waals surface area contributed by atoms with E-state index >= 15 is 0 Å². The lowest BCUT2D eigenvalue weighted by Crippen LogP contribution is -2.39. The number of sulfone groups is 1. The van der Waals surface area contributed by atoms with E-state index < -0.39 is 27.1 Å². The van der Waals surface area contributed by atoms with Gasteiger partial charge < -0.3 is 15.5 Å². The highest BCUT2D eigenvalue weighted by atomic mass is 32.2. The van der Waals surface area contributed by atoms with E-state index in [4.69, 9.17) is 5.11 Å². The Morgan fingerprint density at radius 3 is 2.29 bits per heavy atom. The Labute approximate surface area is 179 Å². The Bertz CT molecular complexity index is 1300. The fraction of sp³-hybridized carbons (Fsp3) is 0.227. The van der Waals surface area contributed by atoms with Gasteiger partial charge in [0.05, 0.1) is 10.3 Å². The molecule has 3 N–H and O–H groups in total. The standard InChI is InChI=1S/C22H22N2O6S/c1-22(2,21(27)28)12-24-20(26)19-18(25)10-16(11-23-19)14-4-5-15-9-17(31(3,29)30)7-6-13(15)8-14/h4-11,25H,12H2,1-3H3,(H,24,26)(H,27,28). The highest BCUT2D eigenvalue weighted by Gasteiger charge is 2.28. The number of pyridine rings is 1. The Morgan fingerprint density at radius 2 is 1.68 bits per heavy atom. The number of hydrogen-bond donors (Lipinski definition) is 3. The second-order valence-electron chi connectivity index (χ2n) is 7.96. The third kappa shape index (κ3) is 4.83. The van der Waals surface area contributed by atoms with Gasteiger partial charge in [-0.3, -0.25) is 9.59 Å². The molecule has 0 saturated heterocycles. The van der Waals surface area contributed by atoms with Crippen molar-refractivity contribution in [1.29, 1.82) is 0 Å². The van der Waals surface area contributed by atoms with Gasteiger partial charge in [-0.05, 0) is 54.4 Å². The van der Waals surface area contributed by atoms with Crippen LogP contribution in [0.25, 0.3) is 21.9 Å². The summed E-state index contributed by atoms with van der Waals surface area (Å²) in [6.45, 7) is 2.83. The molecule has 3 aromatic rings. The van der Waals surface area contributed by atoms with Gasteiger partial charge in [0.1, 0.15) is 5.75 Å². The molecule has 0 spiro atoms. The number of aliphatic carboxylic acids is 1. The lowest BCUT2D eigenvalue weighted by Gasteiger charge is -2.19. The van der Waals surface area contributed by atoms with E-state index in [1.807, 2.05) is 6.07 Å². The van der Waals surface area contributed by atoms with Crippen molar-refractivity contribution >= 4 is 32.5 Å². The summed E-state index contributed by atoms with van der Waals surface area (Å²) in [5, 5.41) is 23.4. The maximum Gasteiger partial charge on any atom is 0.310 e. The van der Waals surface area contributed by atoms with E-state index in [1.165, 1.54) is 32.2 Å². The number of rotatable bonds is 6. The molecule has 8 nitrogen and oxygen atoms in total. The molecule has 0 radical (unpaired) electrons. The number of nitrogens with one attached hydrogen (secondary N) is 1. The van der Waals surface area contributed by atoms with Gasteiger partial charge in [0, 0.05) is 24.6 Å². The molecule has 1 heterocycles. The zero-order valence-electron chi connectivity index (χ0n) is 17.2. The molecule has 0 aliphatic carbocycles. The molecule has 2 aromatic carbocycles. The van der Waals surface area contributed by atoms with Crippen LogP contribution in [0, 0.1) is 5.41 Å². The fourth-order valence-electron chi connectivity index (χ4n) is 2.88. The molecular weight excluding hydrogens is 420 g/mol. The molecular formula is C22H22N2O6S. The third-order valence-corrected chi connectivity index (χ3v) is 6.04. The van der Waals surface area contributed by atoms with E-state index in [0.29, 0.717) is 5.56 Å². The van der Waals surface area contributed by atoms with Crippen LogP contribution in [0.2, 0.25) is 0 Å². The normalized spacial score (nSPS) is 12.0. The first kappa shape index (κ1) is 22.2. The van der Waals surface area contributed by atoms with Crippen molar-refractivity contribution in [3.63, 3.8) is 0 Å². The molecule has 0 atom stereocenters. The molecule has 0 bridgehead atoms. The minimum absolute atomic E-state index is 0.121. The summed E-state index contributed by atoms with van der Waals surface area (Å²) in [7, 11) is -3.31. The predicted molar refractivity (Wildman–Crippen MR) is 116 cm³/mol. The summed E-state index contributed by atoms with van der Waals surface area (Å²) in [6.07, 6.45) is 2.58. The molecule has 9 heteroatoms. The topological polar surface area (TPSA) is 134 Å². The minimum atomic E-state index is -3.31. The summed E-state index contributed by atoms with van der Waals surface area (Å²) >= 11 is 0. The van der Waals surface area contributed by atoms with Gasteiger partial charge in [-0.2, -0.15) is 0 Å². The number of aromatic hydroxyl groups is 1. The Kier molecular flexibility index (Phi) is 5.73. The average Bonchev–Trinajstić information content (AvgIpc) is 2.70. The van der Waals surface area contributed by atoms with Crippen LogP contribution in [0.4, 0.5) is 0 Å². The van der Waals surface area contributed by atoms with Crippen LogP contribution in [0.5, 0.6) is 5.75 Å². The monoisotopic (exact) mass is 442 g/mol. The molecule has 1 aromatic heterocycles. The molecule has 0 fully saturated rings. The Hall–Kier alpha value is -3.46. The molecule has 0 aliphatic heterocycles. The maximum atomic E-state index is 12.3. The van der Waals surface area contributed by atoms with Gasteiger partial charge in [-0.25, -0.2) is 13.4 Å². The number of hydrogen-bond acceptors (Lipinski definition) is 6. The lowest BCUT2D eigenvalue weighted by atomic mass is 9.94. The summed E-state index contributed by atoms with van der Waals surface area (Å²) in [6, 6.07) is 11.6. The van der Waals surface area contributed by atoms with Crippen molar-refractivity contribution in [2.24, 2.45) is 5.41 Å². The van der Waals surface area contributed by atoms with Crippen molar-refractivity contribution in [2.75, 3.05) is 12.8 Å². The van der Waals surface area contributed by atoms with Crippen LogP contribution in [0.1, 0.15) is 24.3 Å². The lowest BCUT2D eigenvalue weighted by molar-refractivity contribution is -0.146. The van der Waals surface area contributed by atoms with E-state index in [2.05, 4.69) is 10.3 Å². The molecule has 0 aliphatic rings. The molecule has 0 saturated carbocycles. The summed E-state index contributed by atoms with van der Waals surface area (Å²) in [5.41, 5.74) is -0.0771. The van der Waals surface area contributed by atoms with Gasteiger partial charge in [0.2, 0.25) is 0 Å². The van der Waals surface area contributed by atoms with Crippen LogP contribution in [0.15, 0.2) is 53.6 Å². The number of aromatic nitrogens is 1. The first-order chi connectivity index (χ1) is 14.4. The van der Waals surface area contributed by atoms with Crippen LogP contribution < -0.4 is 5.32 Å². The number of carboxylic acids is 1. The summed E-state index contributed by atoms with van der Waals surface area (Å²) in [5.74, 6) is -2.07. The van der Waals surface area contributed by atoms with Crippen LogP contribution in [0.3, 0.4) is 0 Å². The molecule has 3 rings (SSSR count). The smallest absolute Gasteiger partial charge is 0.310 e. The summed E-state index contributed by atoms with van der Waals surface area (Å²) < 4.78 is 23.5. The summed E-state index contributed by atoms with van der Waals surface area (Å²) in [4.78, 5) is 27.7. The average molecular weight is 442 g/mol. The second-order valence-corrected chi connectivity index (χ2v) is 9.98. The zero-order chi connectivity index (χ0) is 23.0. The predicted octanol–water partition coefficient (Wildman–Crippen LogP) is 2.85. The third-order valence-electron chi connectivity index (χ3n) is 4.93. The van der Waals surface area contributed by atoms with Crippen molar-refractivity contribution < 1.29 is 28.2 Å². The van der Waals surface area contributed by atoms with Crippen LogP contribution in [-0.2, 0) is 14.6 Å². The number of carbonyl (C=O) groups excluding carboxylic acids is 1. The van der Waals surface area contributed by atoms with Crippen molar-refractivity contribution in [2.45, 2.75) is 18.7 Å². The Morgan fingerprint density at radius 1 is 1.03 bits per heavy atom. The van der Waals surface area contributed by atoms with Gasteiger partial charge in [-0.1, -0.05) is 18.2 Å². The van der Waals surface area contributed by atoms with Crippen LogP contribution >= 0.6 is 0 Å². The molecule has 1 amide bonds. The largest absolute Gasteiger partial charge is 0.505 e. The van der Waals surface area contributed by atoms with Crippen molar-refractivity contribution in [3.05, 3.63) is 54.4 Å². The first-order valence-electron chi connectivity index (χ1n) is 9.33. The van der Waals surface area contributed by atoms with Gasteiger partial charge in [-0.15, -0.1) is 0 Å². The van der Waals surface area contributed by atoms with Gasteiger partial charge >= 0.3 is 5.97 Å². The van der Waals surface area contributed by atoms with E-state index in [-0.39, 0.29) is 22.9 Å². The molecule has 162 valence electrons. The Balaban J connectivity index is 1.86. The SMILES string of the molecule is CC(C)(CNC(=O)c1ncc(-c2ccc3cc(S(C)(=O)=O)ccc3c2)cc1O)C(=O)O. The van der Waals surface area contributed by atoms with Gasteiger partial charge in [0.25, 0.3) is 5.91 Å². The molecule has 0 unspecified atom stereocenters. The number of carboxylic acid groups (broad SMARTS) is 1. The second kappa shape index (κ2) is 7.99. The van der Waals surface area contributed by atoms with Crippen LogP contribution in [-0.4, -0.2) is 48.3 Å². The van der Waals surface area contributed by atoms with Gasteiger partial charge in [0.15, 0.2) is 15.5 Å². The quantitative estimate of drug-likeness (QED) is 0.534. The van der Waals surface area contributed by atoms with Crippen molar-refractivity contribution in [3.8, 4) is 16.9 Å². The maximum absolute atomic E-state index is 12.3. The number of benzene rings is 2. The van der Waals surface area contributed by atoms with Crippen molar-refractivity contribution in [1.82, 2.24) is 10.3 Å². The number of fused-ring (bicyclic) bond motifs is 1. The first-order valence-corrected chi connectivity index (χ1v) is 11.2. The number of amides is 1. The van der Waals surface area contributed by atoms with E-state index in [1.54, 1.807) is 24.3 Å². The number of nitrogens with zero attached hydrogens (tertiary/aromatic N) is 1. The molecule has 31 heavy (non-hydrogen) atoms. The fourth-order valence-corrected chi connectivity index (χ4v) is 3.54. The van der Waals surface area contributed by atoms with E-state index in [9.17, 15) is 23.1 Å². The minimum Gasteiger partial charge on any atom is -0.505 e. The number of carbonyl (C=O) groups is 2. The van der Waals surface area contributed by atoms with E-state index in [0.717, 1.165) is 22.6 Å². The zero-order valence-corrected chi connectivity index (χ0v) is 18.0. The highest BCUT2D eigenvalue weighted by Crippen LogP contribution is 2.29. The highest BCUT2D eigenvalue weighted by molar-refractivity contribution is 7.90.